The summed E-state index contributed by atoms with van der Waals surface area (Å²) in [5.74, 6) is 0. The molecule has 0 heterocycles. The van der Waals surface area contributed by atoms with Gasteiger partial charge in [0.1, 0.15) is 0 Å². The maximum Gasteiger partial charge on any atom is 0.0412 e. The van der Waals surface area contributed by atoms with Gasteiger partial charge in [-0.05, 0) is 52.1 Å². The van der Waals surface area contributed by atoms with Gasteiger partial charge in [0.25, 0.3) is 0 Å². The van der Waals surface area contributed by atoms with Gasteiger partial charge in [-0.2, -0.15) is 0 Å². The predicted molar refractivity (Wildman–Crippen MR) is 87.0 cm³/mol. The second-order valence-corrected chi connectivity index (χ2v) is 5.42. The van der Waals surface area contributed by atoms with Gasteiger partial charge < -0.3 is 5.73 Å². The summed E-state index contributed by atoms with van der Waals surface area (Å²) in [6, 6.07) is 18.6. The minimum Gasteiger partial charge on any atom is -0.326 e. The van der Waals surface area contributed by atoms with Gasteiger partial charge in [-0.15, -0.1) is 0 Å². The van der Waals surface area contributed by atoms with E-state index in [1.165, 1.54) is 21.9 Å². The Morgan fingerprint density at radius 2 is 1.65 bits per heavy atom. The highest BCUT2D eigenvalue weighted by Gasteiger charge is 2.09. The number of hydrogen-bond donors (Lipinski definition) is 1. The molecule has 0 aliphatic carbocycles. The third kappa shape index (κ3) is 2.20. The second kappa shape index (κ2) is 5.28. The highest BCUT2D eigenvalue weighted by atomic mass is 35.5. The molecule has 0 fully saturated rings. The van der Waals surface area contributed by atoms with Crippen molar-refractivity contribution in [1.29, 1.82) is 0 Å². The SMILES string of the molecule is Cc1ccc(-c2cc(Cl)ccc2CN)c2ccccc12. The van der Waals surface area contributed by atoms with Gasteiger partial charge in [0.2, 0.25) is 0 Å². The first-order valence-electron chi connectivity index (χ1n) is 6.68. The Labute approximate surface area is 124 Å². The Balaban J connectivity index is 2.36. The van der Waals surface area contributed by atoms with Crippen LogP contribution in [-0.2, 0) is 6.54 Å². The molecular formula is C18H16ClN. The lowest BCUT2D eigenvalue weighted by atomic mass is 9.93. The summed E-state index contributed by atoms with van der Waals surface area (Å²) in [7, 11) is 0. The number of aryl methyl sites for hydroxylation is 1. The Hall–Kier alpha value is -1.83. The van der Waals surface area contributed by atoms with Crippen LogP contribution in [-0.4, -0.2) is 0 Å². The van der Waals surface area contributed by atoms with Gasteiger partial charge >= 0.3 is 0 Å². The zero-order valence-corrected chi connectivity index (χ0v) is 12.1. The van der Waals surface area contributed by atoms with Crippen molar-refractivity contribution >= 4 is 22.4 Å². The Morgan fingerprint density at radius 1 is 0.900 bits per heavy atom. The zero-order valence-electron chi connectivity index (χ0n) is 11.4. The van der Waals surface area contributed by atoms with Crippen molar-refractivity contribution in [2.24, 2.45) is 5.73 Å². The summed E-state index contributed by atoms with van der Waals surface area (Å²) in [6.45, 7) is 2.64. The van der Waals surface area contributed by atoms with E-state index in [0.717, 1.165) is 16.1 Å². The molecule has 3 rings (SSSR count). The third-order valence-corrected chi connectivity index (χ3v) is 3.96. The first-order chi connectivity index (χ1) is 9.70. The van der Waals surface area contributed by atoms with E-state index < -0.39 is 0 Å². The second-order valence-electron chi connectivity index (χ2n) is 4.98. The maximum absolute atomic E-state index is 6.17. The van der Waals surface area contributed by atoms with Crippen LogP contribution in [0.5, 0.6) is 0 Å². The average Bonchev–Trinajstić information content (AvgIpc) is 2.48. The molecule has 100 valence electrons. The molecular weight excluding hydrogens is 266 g/mol. The molecule has 0 aliphatic rings. The fraction of sp³-hybridized carbons (Fsp3) is 0.111. The van der Waals surface area contributed by atoms with Crippen LogP contribution >= 0.6 is 11.6 Å². The molecule has 0 atom stereocenters. The van der Waals surface area contributed by atoms with Gasteiger partial charge in [0.15, 0.2) is 0 Å². The molecule has 20 heavy (non-hydrogen) atoms. The number of halogens is 1. The summed E-state index contributed by atoms with van der Waals surface area (Å²) in [6.07, 6.45) is 0. The first kappa shape index (κ1) is 13.2. The minimum absolute atomic E-state index is 0.509. The average molecular weight is 282 g/mol. The summed E-state index contributed by atoms with van der Waals surface area (Å²) in [5.41, 5.74) is 10.6. The van der Waals surface area contributed by atoms with Gasteiger partial charge in [-0.1, -0.05) is 54.1 Å². The van der Waals surface area contributed by atoms with Crippen molar-refractivity contribution in [1.82, 2.24) is 0 Å². The lowest BCUT2D eigenvalue weighted by Crippen LogP contribution is -1.99. The van der Waals surface area contributed by atoms with E-state index in [1.54, 1.807) is 0 Å². The van der Waals surface area contributed by atoms with Crippen molar-refractivity contribution in [2.75, 3.05) is 0 Å². The highest BCUT2D eigenvalue weighted by Crippen LogP contribution is 2.34. The Bertz CT molecular complexity index is 777. The van der Waals surface area contributed by atoms with Crippen molar-refractivity contribution in [2.45, 2.75) is 13.5 Å². The Kier molecular flexibility index (Phi) is 3.47. The molecule has 2 heteroatoms. The molecule has 3 aromatic rings. The van der Waals surface area contributed by atoms with Crippen molar-refractivity contribution < 1.29 is 0 Å². The first-order valence-corrected chi connectivity index (χ1v) is 7.05. The van der Waals surface area contributed by atoms with E-state index in [-0.39, 0.29) is 0 Å². The lowest BCUT2D eigenvalue weighted by Gasteiger charge is -2.13. The standard InChI is InChI=1S/C18H16ClN/c1-12-6-9-17(16-5-3-2-4-15(12)16)18-10-14(19)8-7-13(18)11-20/h2-10H,11,20H2,1H3. The van der Waals surface area contributed by atoms with Crippen LogP contribution < -0.4 is 5.73 Å². The highest BCUT2D eigenvalue weighted by molar-refractivity contribution is 6.31. The van der Waals surface area contributed by atoms with E-state index >= 15 is 0 Å². The summed E-state index contributed by atoms with van der Waals surface area (Å²) in [4.78, 5) is 0. The topological polar surface area (TPSA) is 26.0 Å². The van der Waals surface area contributed by atoms with Gasteiger partial charge in [-0.25, -0.2) is 0 Å². The van der Waals surface area contributed by atoms with Gasteiger partial charge in [0, 0.05) is 11.6 Å². The minimum atomic E-state index is 0.509. The molecule has 0 bridgehead atoms. The van der Waals surface area contributed by atoms with Gasteiger partial charge in [0.05, 0.1) is 0 Å². The number of nitrogens with two attached hydrogens (primary N) is 1. The summed E-state index contributed by atoms with van der Waals surface area (Å²) < 4.78 is 0. The molecule has 2 N–H and O–H groups in total. The molecule has 0 saturated heterocycles. The smallest absolute Gasteiger partial charge is 0.0412 e. The zero-order chi connectivity index (χ0) is 14.1. The van der Waals surface area contributed by atoms with Crippen LogP contribution in [0.2, 0.25) is 5.02 Å². The number of rotatable bonds is 2. The van der Waals surface area contributed by atoms with Crippen LogP contribution in [0, 0.1) is 6.92 Å². The predicted octanol–water partition coefficient (Wildman–Crippen LogP) is 4.93. The van der Waals surface area contributed by atoms with Crippen molar-refractivity contribution in [3.8, 4) is 11.1 Å². The summed E-state index contributed by atoms with van der Waals surface area (Å²) in [5, 5.41) is 3.25. The molecule has 0 unspecified atom stereocenters. The van der Waals surface area contributed by atoms with Crippen LogP contribution in [0.15, 0.2) is 54.6 Å². The summed E-state index contributed by atoms with van der Waals surface area (Å²) >= 11 is 6.17. The maximum atomic E-state index is 6.17. The molecule has 1 nitrogen and oxygen atoms in total. The molecule has 3 aromatic carbocycles. The number of hydrogen-bond acceptors (Lipinski definition) is 1. The Morgan fingerprint density at radius 3 is 2.40 bits per heavy atom. The molecule has 0 amide bonds. The molecule has 0 radical (unpaired) electrons. The van der Waals surface area contributed by atoms with Gasteiger partial charge in [-0.3, -0.25) is 0 Å². The molecule has 0 aliphatic heterocycles. The molecule has 0 aromatic heterocycles. The normalized spacial score (nSPS) is 10.9. The number of fused-ring (bicyclic) bond motifs is 1. The van der Waals surface area contributed by atoms with Crippen LogP contribution in [0.3, 0.4) is 0 Å². The van der Waals surface area contributed by atoms with Crippen LogP contribution in [0.1, 0.15) is 11.1 Å². The quantitative estimate of drug-likeness (QED) is 0.708. The van der Waals surface area contributed by atoms with Crippen LogP contribution in [0.4, 0.5) is 0 Å². The molecule has 0 spiro atoms. The largest absolute Gasteiger partial charge is 0.326 e. The van der Waals surface area contributed by atoms with E-state index in [2.05, 4.69) is 43.3 Å². The number of benzene rings is 3. The van der Waals surface area contributed by atoms with Crippen molar-refractivity contribution in [3.05, 3.63) is 70.7 Å². The fourth-order valence-corrected chi connectivity index (χ4v) is 2.83. The molecule has 0 saturated carbocycles. The van der Waals surface area contributed by atoms with E-state index in [4.69, 9.17) is 17.3 Å². The third-order valence-electron chi connectivity index (χ3n) is 3.72. The van der Waals surface area contributed by atoms with E-state index in [9.17, 15) is 0 Å². The van der Waals surface area contributed by atoms with E-state index in [1.807, 2.05) is 18.2 Å². The van der Waals surface area contributed by atoms with Crippen molar-refractivity contribution in [3.63, 3.8) is 0 Å². The lowest BCUT2D eigenvalue weighted by molar-refractivity contribution is 1.07. The fourth-order valence-electron chi connectivity index (χ4n) is 2.66. The monoisotopic (exact) mass is 281 g/mol. The van der Waals surface area contributed by atoms with Crippen LogP contribution in [0.25, 0.3) is 21.9 Å². The van der Waals surface area contributed by atoms with E-state index in [0.29, 0.717) is 6.54 Å².